The number of nitrogens with zero attached hydrogens (tertiary/aromatic N) is 3. The summed E-state index contributed by atoms with van der Waals surface area (Å²) in [7, 11) is 0. The minimum atomic E-state index is -0.0566. The molecule has 0 aliphatic rings. The van der Waals surface area contributed by atoms with Gasteiger partial charge in [0.05, 0.1) is 11.2 Å². The Bertz CT molecular complexity index is 472. The first kappa shape index (κ1) is 9.80. The van der Waals surface area contributed by atoms with E-state index < -0.39 is 0 Å². The molecule has 0 fully saturated rings. The van der Waals surface area contributed by atoms with Crippen LogP contribution in [0.4, 0.5) is 0 Å². The molecular weight excluding hydrogens is 218 g/mol. The van der Waals surface area contributed by atoms with Crippen LogP contribution in [-0.2, 0) is 5.41 Å². The van der Waals surface area contributed by atoms with E-state index in [1.54, 1.807) is 5.51 Å². The third kappa shape index (κ3) is 1.60. The van der Waals surface area contributed by atoms with E-state index in [0.717, 1.165) is 16.0 Å². The van der Waals surface area contributed by atoms with Gasteiger partial charge in [-0.2, -0.15) is 0 Å². The fraction of sp³-hybridized carbons (Fsp3) is 0.444. The van der Waals surface area contributed by atoms with Gasteiger partial charge in [0.1, 0.15) is 10.3 Å². The molecule has 2 heterocycles. The van der Waals surface area contributed by atoms with Gasteiger partial charge in [-0.05, 0) is 11.6 Å². The van der Waals surface area contributed by atoms with Crippen LogP contribution in [0, 0.1) is 0 Å². The summed E-state index contributed by atoms with van der Waals surface area (Å²) in [4.78, 5) is 13.5. The molecule has 0 atom stereocenters. The molecular formula is C9H10ClN3S. The highest BCUT2D eigenvalue weighted by Gasteiger charge is 2.21. The first-order valence-electron chi connectivity index (χ1n) is 4.26. The number of hydrogen-bond acceptors (Lipinski definition) is 4. The van der Waals surface area contributed by atoms with Gasteiger partial charge in [-0.25, -0.2) is 15.0 Å². The average Bonchev–Trinajstić information content (AvgIpc) is 2.47. The molecule has 0 aliphatic heterocycles. The van der Waals surface area contributed by atoms with Gasteiger partial charge < -0.3 is 0 Å². The van der Waals surface area contributed by atoms with Gasteiger partial charge in [0.15, 0.2) is 0 Å². The quantitative estimate of drug-likeness (QED) is 0.650. The van der Waals surface area contributed by atoms with Crippen LogP contribution in [0.1, 0.15) is 26.5 Å². The number of aromatic nitrogens is 3. The standard InChI is InChI=1S/C9H10ClN3S/c1-9(2,3)6-5-7(14-4-11-5)13-8(10)12-6/h4H,1-3H3. The molecule has 2 aromatic heterocycles. The molecule has 0 spiro atoms. The van der Waals surface area contributed by atoms with E-state index >= 15 is 0 Å². The van der Waals surface area contributed by atoms with Gasteiger partial charge in [-0.1, -0.05) is 20.8 Å². The van der Waals surface area contributed by atoms with Crippen LogP contribution in [-0.4, -0.2) is 15.0 Å². The Morgan fingerprint density at radius 3 is 2.64 bits per heavy atom. The third-order valence-electron chi connectivity index (χ3n) is 1.88. The summed E-state index contributed by atoms with van der Waals surface area (Å²) < 4.78 is 0. The molecule has 2 rings (SSSR count). The first-order chi connectivity index (χ1) is 6.48. The number of halogens is 1. The summed E-state index contributed by atoms with van der Waals surface area (Å²) in [6.07, 6.45) is 0. The second kappa shape index (κ2) is 3.14. The van der Waals surface area contributed by atoms with E-state index in [0.29, 0.717) is 5.28 Å². The van der Waals surface area contributed by atoms with Crippen molar-refractivity contribution in [2.24, 2.45) is 0 Å². The number of hydrogen-bond donors (Lipinski definition) is 0. The summed E-state index contributed by atoms with van der Waals surface area (Å²) in [6, 6.07) is 0. The van der Waals surface area contributed by atoms with Crippen LogP contribution in [0.25, 0.3) is 10.3 Å². The largest absolute Gasteiger partial charge is 0.241 e. The summed E-state index contributed by atoms with van der Waals surface area (Å²) in [5.41, 5.74) is 3.49. The average molecular weight is 228 g/mol. The zero-order valence-electron chi connectivity index (χ0n) is 8.21. The van der Waals surface area contributed by atoms with Crippen LogP contribution >= 0.6 is 22.9 Å². The number of fused-ring (bicyclic) bond motifs is 1. The van der Waals surface area contributed by atoms with Crippen molar-refractivity contribution in [1.82, 2.24) is 15.0 Å². The summed E-state index contributed by atoms with van der Waals surface area (Å²) >= 11 is 7.33. The van der Waals surface area contributed by atoms with Gasteiger partial charge in [0, 0.05) is 5.41 Å². The van der Waals surface area contributed by atoms with Crippen LogP contribution in [0.5, 0.6) is 0 Å². The normalized spacial score (nSPS) is 12.3. The van der Waals surface area contributed by atoms with Gasteiger partial charge in [-0.3, -0.25) is 0 Å². The molecule has 0 radical (unpaired) electrons. The molecule has 0 saturated carbocycles. The highest BCUT2D eigenvalue weighted by molar-refractivity contribution is 7.16. The van der Waals surface area contributed by atoms with E-state index in [4.69, 9.17) is 11.6 Å². The molecule has 0 N–H and O–H groups in total. The Morgan fingerprint density at radius 1 is 1.29 bits per heavy atom. The molecule has 5 heteroatoms. The molecule has 3 nitrogen and oxygen atoms in total. The fourth-order valence-corrected chi connectivity index (χ4v) is 2.14. The van der Waals surface area contributed by atoms with Crippen molar-refractivity contribution in [2.45, 2.75) is 26.2 Å². The second-order valence-electron chi connectivity index (χ2n) is 4.10. The highest BCUT2D eigenvalue weighted by Crippen LogP contribution is 2.29. The maximum atomic E-state index is 5.84. The maximum Gasteiger partial charge on any atom is 0.224 e. The lowest BCUT2D eigenvalue weighted by Gasteiger charge is -2.17. The third-order valence-corrected chi connectivity index (χ3v) is 2.77. The lowest BCUT2D eigenvalue weighted by atomic mass is 9.91. The Balaban J connectivity index is 2.80. The van der Waals surface area contributed by atoms with E-state index in [9.17, 15) is 0 Å². The zero-order valence-corrected chi connectivity index (χ0v) is 9.78. The van der Waals surface area contributed by atoms with Crippen LogP contribution in [0.3, 0.4) is 0 Å². The number of rotatable bonds is 0. The molecule has 0 aliphatic carbocycles. The molecule has 0 unspecified atom stereocenters. The van der Waals surface area contributed by atoms with Crippen molar-refractivity contribution < 1.29 is 0 Å². The Morgan fingerprint density at radius 2 is 2.00 bits per heavy atom. The van der Waals surface area contributed by atoms with Crippen molar-refractivity contribution in [3.05, 3.63) is 16.5 Å². The number of thiazole rings is 1. The second-order valence-corrected chi connectivity index (χ2v) is 5.27. The predicted octanol–water partition coefficient (Wildman–Crippen LogP) is 3.04. The lowest BCUT2D eigenvalue weighted by Crippen LogP contribution is -2.14. The van der Waals surface area contributed by atoms with Crippen molar-refractivity contribution >= 4 is 33.3 Å². The van der Waals surface area contributed by atoms with Crippen LogP contribution < -0.4 is 0 Å². The van der Waals surface area contributed by atoms with Crippen molar-refractivity contribution in [2.75, 3.05) is 0 Å². The minimum Gasteiger partial charge on any atom is -0.241 e. The topological polar surface area (TPSA) is 38.7 Å². The summed E-state index contributed by atoms with van der Waals surface area (Å²) in [5.74, 6) is 0. The summed E-state index contributed by atoms with van der Waals surface area (Å²) in [5, 5.41) is 0.298. The monoisotopic (exact) mass is 227 g/mol. The zero-order chi connectivity index (χ0) is 10.3. The van der Waals surface area contributed by atoms with Crippen molar-refractivity contribution in [1.29, 1.82) is 0 Å². The van der Waals surface area contributed by atoms with Gasteiger partial charge in [0.2, 0.25) is 5.28 Å². The van der Waals surface area contributed by atoms with Crippen molar-refractivity contribution in [3.8, 4) is 0 Å². The first-order valence-corrected chi connectivity index (χ1v) is 5.51. The molecule has 0 amide bonds. The van der Waals surface area contributed by atoms with E-state index in [-0.39, 0.29) is 5.41 Å². The molecule has 0 bridgehead atoms. The molecule has 14 heavy (non-hydrogen) atoms. The SMILES string of the molecule is CC(C)(C)c1nc(Cl)nc2scnc12. The Kier molecular flexibility index (Phi) is 2.20. The summed E-state index contributed by atoms with van der Waals surface area (Å²) in [6.45, 7) is 6.26. The predicted molar refractivity (Wildman–Crippen MR) is 58.9 cm³/mol. The lowest BCUT2D eigenvalue weighted by molar-refractivity contribution is 0.573. The van der Waals surface area contributed by atoms with Gasteiger partial charge in [-0.15, -0.1) is 11.3 Å². The van der Waals surface area contributed by atoms with E-state index in [1.807, 2.05) is 0 Å². The molecule has 2 aromatic rings. The maximum absolute atomic E-state index is 5.84. The highest BCUT2D eigenvalue weighted by atomic mass is 35.5. The van der Waals surface area contributed by atoms with Crippen LogP contribution in [0.15, 0.2) is 5.51 Å². The Hall–Kier alpha value is -0.740. The fourth-order valence-electron chi connectivity index (χ4n) is 1.26. The van der Waals surface area contributed by atoms with Gasteiger partial charge >= 0.3 is 0 Å². The smallest absolute Gasteiger partial charge is 0.224 e. The van der Waals surface area contributed by atoms with E-state index in [1.165, 1.54) is 11.3 Å². The molecule has 0 aromatic carbocycles. The van der Waals surface area contributed by atoms with E-state index in [2.05, 4.69) is 35.7 Å². The minimum absolute atomic E-state index is 0.0566. The molecule has 74 valence electrons. The van der Waals surface area contributed by atoms with Gasteiger partial charge in [0.25, 0.3) is 0 Å². The Labute approximate surface area is 91.2 Å². The molecule has 0 saturated heterocycles. The van der Waals surface area contributed by atoms with Crippen molar-refractivity contribution in [3.63, 3.8) is 0 Å². The van der Waals surface area contributed by atoms with Crippen LogP contribution in [0.2, 0.25) is 5.28 Å².